The van der Waals surface area contributed by atoms with Gasteiger partial charge in [0.2, 0.25) is 5.91 Å². The number of allylic oxidation sites excluding steroid dienone is 3. The van der Waals surface area contributed by atoms with E-state index in [0.29, 0.717) is 5.57 Å². The van der Waals surface area contributed by atoms with Crippen LogP contribution < -0.4 is 0 Å². The van der Waals surface area contributed by atoms with Gasteiger partial charge in [-0.15, -0.1) is 0 Å². The molecule has 3 heteroatoms. The highest BCUT2D eigenvalue weighted by molar-refractivity contribution is 5.93. The van der Waals surface area contributed by atoms with Crippen LogP contribution in [0.15, 0.2) is 36.1 Å². The SMILES string of the molecule is C=C/C=C(O)\C=C(/C)C(=O)N1CCCC1. The standard InChI is InChI=1S/C12H17NO2/c1-3-6-11(14)9-10(2)12(15)13-7-4-5-8-13/h3,6,9,14H,1,4-5,7-8H2,2H3/b10-9+,11-6+. The molecule has 1 rings (SSSR count). The Morgan fingerprint density at radius 3 is 2.53 bits per heavy atom. The minimum absolute atomic E-state index is 0.0107. The van der Waals surface area contributed by atoms with Crippen LogP contribution in [0.5, 0.6) is 0 Å². The first-order valence-corrected chi connectivity index (χ1v) is 5.14. The zero-order valence-corrected chi connectivity index (χ0v) is 9.07. The molecule has 1 aliphatic rings. The normalized spacial score (nSPS) is 18.1. The lowest BCUT2D eigenvalue weighted by molar-refractivity contribution is -0.126. The summed E-state index contributed by atoms with van der Waals surface area (Å²) in [5, 5.41) is 9.35. The van der Waals surface area contributed by atoms with Gasteiger partial charge >= 0.3 is 0 Å². The molecule has 0 atom stereocenters. The Hall–Kier alpha value is -1.51. The van der Waals surface area contributed by atoms with E-state index < -0.39 is 0 Å². The maximum absolute atomic E-state index is 11.8. The van der Waals surface area contributed by atoms with Crippen LogP contribution in [0.4, 0.5) is 0 Å². The summed E-state index contributed by atoms with van der Waals surface area (Å²) in [6.07, 6.45) is 6.57. The number of carbonyl (C=O) groups excluding carboxylic acids is 1. The van der Waals surface area contributed by atoms with Gasteiger partial charge in [-0.25, -0.2) is 0 Å². The molecule has 0 radical (unpaired) electrons. The summed E-state index contributed by atoms with van der Waals surface area (Å²) in [4.78, 5) is 13.6. The quantitative estimate of drug-likeness (QED) is 0.438. The number of rotatable bonds is 3. The molecule has 0 aliphatic carbocycles. The van der Waals surface area contributed by atoms with Gasteiger partial charge in [0.05, 0.1) is 0 Å². The van der Waals surface area contributed by atoms with Crippen LogP contribution in [-0.4, -0.2) is 29.0 Å². The zero-order chi connectivity index (χ0) is 11.3. The molecular formula is C12H17NO2. The van der Waals surface area contributed by atoms with Gasteiger partial charge in [-0.1, -0.05) is 12.7 Å². The number of likely N-dealkylation sites (tertiary alicyclic amines) is 1. The summed E-state index contributed by atoms with van der Waals surface area (Å²) in [6.45, 7) is 6.84. The van der Waals surface area contributed by atoms with Crippen LogP contribution in [0.25, 0.3) is 0 Å². The summed E-state index contributed by atoms with van der Waals surface area (Å²) >= 11 is 0. The Bertz CT molecular complexity index is 310. The average Bonchev–Trinajstić information content (AvgIpc) is 2.69. The molecule has 0 unspecified atom stereocenters. The van der Waals surface area contributed by atoms with Gasteiger partial charge in [-0.3, -0.25) is 4.79 Å². The number of carbonyl (C=O) groups is 1. The van der Waals surface area contributed by atoms with Crippen molar-refractivity contribution in [3.05, 3.63) is 36.1 Å². The van der Waals surface area contributed by atoms with Crippen molar-refractivity contribution in [3.8, 4) is 0 Å². The van der Waals surface area contributed by atoms with Crippen molar-refractivity contribution < 1.29 is 9.90 Å². The van der Waals surface area contributed by atoms with Crippen molar-refractivity contribution in [1.82, 2.24) is 4.90 Å². The van der Waals surface area contributed by atoms with E-state index in [1.165, 1.54) is 18.2 Å². The highest BCUT2D eigenvalue weighted by Crippen LogP contribution is 2.12. The van der Waals surface area contributed by atoms with Gasteiger partial charge in [0.25, 0.3) is 0 Å². The van der Waals surface area contributed by atoms with E-state index in [1.54, 1.807) is 6.92 Å². The minimum Gasteiger partial charge on any atom is -0.508 e. The van der Waals surface area contributed by atoms with E-state index >= 15 is 0 Å². The first-order valence-electron chi connectivity index (χ1n) is 5.14. The van der Waals surface area contributed by atoms with E-state index in [-0.39, 0.29) is 11.7 Å². The molecule has 3 nitrogen and oxygen atoms in total. The topological polar surface area (TPSA) is 40.5 Å². The van der Waals surface area contributed by atoms with Gasteiger partial charge in [0.15, 0.2) is 0 Å². The summed E-state index contributed by atoms with van der Waals surface area (Å²) in [6, 6.07) is 0. The third-order valence-electron chi connectivity index (χ3n) is 2.38. The molecular weight excluding hydrogens is 190 g/mol. The average molecular weight is 207 g/mol. The van der Waals surface area contributed by atoms with Crippen LogP contribution in [0, 0.1) is 0 Å². The maximum Gasteiger partial charge on any atom is 0.249 e. The van der Waals surface area contributed by atoms with Crippen LogP contribution >= 0.6 is 0 Å². The molecule has 0 bridgehead atoms. The molecule has 1 N–H and O–H groups in total. The van der Waals surface area contributed by atoms with Crippen molar-refractivity contribution in [2.75, 3.05) is 13.1 Å². The number of aliphatic hydroxyl groups excluding tert-OH is 1. The summed E-state index contributed by atoms with van der Waals surface area (Å²) in [7, 11) is 0. The van der Waals surface area contributed by atoms with E-state index in [2.05, 4.69) is 6.58 Å². The molecule has 0 aromatic rings. The number of amides is 1. The molecule has 0 aromatic carbocycles. The first-order chi connectivity index (χ1) is 7.15. The second-order valence-electron chi connectivity index (χ2n) is 3.65. The smallest absolute Gasteiger partial charge is 0.249 e. The van der Waals surface area contributed by atoms with Gasteiger partial charge in [0.1, 0.15) is 5.76 Å². The number of hydrogen-bond acceptors (Lipinski definition) is 2. The van der Waals surface area contributed by atoms with Crippen LogP contribution in [0.2, 0.25) is 0 Å². The lowest BCUT2D eigenvalue weighted by Crippen LogP contribution is -2.28. The fourth-order valence-electron chi connectivity index (χ4n) is 1.62. The van der Waals surface area contributed by atoms with Crippen molar-refractivity contribution >= 4 is 5.91 Å². The molecule has 82 valence electrons. The van der Waals surface area contributed by atoms with Gasteiger partial charge < -0.3 is 10.0 Å². The highest BCUT2D eigenvalue weighted by atomic mass is 16.3. The Morgan fingerprint density at radius 2 is 2.00 bits per heavy atom. The third-order valence-corrected chi connectivity index (χ3v) is 2.38. The van der Waals surface area contributed by atoms with Gasteiger partial charge in [-0.05, 0) is 31.9 Å². The molecule has 0 spiro atoms. The van der Waals surface area contributed by atoms with E-state index in [1.807, 2.05) is 4.90 Å². The molecule has 15 heavy (non-hydrogen) atoms. The largest absolute Gasteiger partial charge is 0.508 e. The molecule has 0 saturated carbocycles. The minimum atomic E-state index is 0.0107. The fraction of sp³-hybridized carbons (Fsp3) is 0.417. The Morgan fingerprint density at radius 1 is 1.40 bits per heavy atom. The second kappa shape index (κ2) is 5.39. The molecule has 1 fully saturated rings. The lowest BCUT2D eigenvalue weighted by atomic mass is 10.2. The lowest BCUT2D eigenvalue weighted by Gasteiger charge is -2.15. The third kappa shape index (κ3) is 3.27. The molecule has 1 amide bonds. The second-order valence-corrected chi connectivity index (χ2v) is 3.65. The number of hydrogen-bond donors (Lipinski definition) is 1. The van der Waals surface area contributed by atoms with Gasteiger partial charge in [-0.2, -0.15) is 0 Å². The Kier molecular flexibility index (Phi) is 4.16. The predicted octanol–water partition coefficient (Wildman–Crippen LogP) is 2.18. The number of nitrogens with zero attached hydrogens (tertiary/aromatic N) is 1. The molecule has 0 aromatic heterocycles. The summed E-state index contributed by atoms with van der Waals surface area (Å²) < 4.78 is 0. The van der Waals surface area contributed by atoms with E-state index in [0.717, 1.165) is 25.9 Å². The molecule has 1 heterocycles. The molecule has 1 saturated heterocycles. The van der Waals surface area contributed by atoms with Crippen molar-refractivity contribution in [2.45, 2.75) is 19.8 Å². The number of aliphatic hydroxyl groups is 1. The van der Waals surface area contributed by atoms with Crippen LogP contribution in [-0.2, 0) is 4.79 Å². The van der Waals surface area contributed by atoms with Crippen LogP contribution in [0.1, 0.15) is 19.8 Å². The van der Waals surface area contributed by atoms with E-state index in [4.69, 9.17) is 0 Å². The monoisotopic (exact) mass is 207 g/mol. The first kappa shape index (κ1) is 11.6. The van der Waals surface area contributed by atoms with Crippen molar-refractivity contribution in [3.63, 3.8) is 0 Å². The Labute approximate surface area is 90.4 Å². The van der Waals surface area contributed by atoms with Crippen molar-refractivity contribution in [1.29, 1.82) is 0 Å². The highest BCUT2D eigenvalue weighted by Gasteiger charge is 2.18. The van der Waals surface area contributed by atoms with E-state index in [9.17, 15) is 9.90 Å². The predicted molar refractivity (Wildman–Crippen MR) is 60.5 cm³/mol. The maximum atomic E-state index is 11.8. The molecule has 1 aliphatic heterocycles. The summed E-state index contributed by atoms with van der Waals surface area (Å²) in [5.41, 5.74) is 0.563. The van der Waals surface area contributed by atoms with Crippen LogP contribution in [0.3, 0.4) is 0 Å². The van der Waals surface area contributed by atoms with Gasteiger partial charge in [0, 0.05) is 18.7 Å². The summed E-state index contributed by atoms with van der Waals surface area (Å²) in [5.74, 6) is 0.0755. The zero-order valence-electron chi connectivity index (χ0n) is 9.07. The fourth-order valence-corrected chi connectivity index (χ4v) is 1.62. The Balaban J connectivity index is 2.66. The van der Waals surface area contributed by atoms with Crippen molar-refractivity contribution in [2.24, 2.45) is 0 Å².